The Kier molecular flexibility index (Phi) is 5.68. The van der Waals surface area contributed by atoms with Gasteiger partial charge in [0.15, 0.2) is 5.82 Å². The maximum absolute atomic E-state index is 12.0. The number of nitrogens with zero attached hydrogens (tertiary/aromatic N) is 3. The van der Waals surface area contributed by atoms with Crippen molar-refractivity contribution in [2.24, 2.45) is 10.9 Å². The lowest BCUT2D eigenvalue weighted by molar-refractivity contribution is 0.130. The van der Waals surface area contributed by atoms with Crippen molar-refractivity contribution in [1.29, 1.82) is 0 Å². The zero-order valence-corrected chi connectivity index (χ0v) is 16.5. The highest BCUT2D eigenvalue weighted by molar-refractivity contribution is 6.30. The molecule has 2 aliphatic heterocycles. The third kappa shape index (κ3) is 4.07. The zero-order chi connectivity index (χ0) is 19.5. The van der Waals surface area contributed by atoms with Gasteiger partial charge in [0.05, 0.1) is 13.7 Å². The van der Waals surface area contributed by atoms with Crippen LogP contribution < -0.4 is 15.4 Å². The smallest absolute Gasteiger partial charge is 0.415 e. The number of carbonyl (C=O) groups excluding carboxylic acids is 1. The number of pyridine rings is 1. The molecule has 150 valence electrons. The lowest BCUT2D eigenvalue weighted by Gasteiger charge is -2.16. The Morgan fingerprint density at radius 3 is 3.14 bits per heavy atom. The second kappa shape index (κ2) is 8.36. The fraction of sp³-hybridized carbons (Fsp3) is 0.526. The Hall–Kier alpha value is -2.32. The van der Waals surface area contributed by atoms with Gasteiger partial charge in [-0.15, -0.1) is 0 Å². The minimum atomic E-state index is -0.334. The van der Waals surface area contributed by atoms with Crippen molar-refractivity contribution in [3.8, 4) is 5.88 Å². The van der Waals surface area contributed by atoms with Crippen LogP contribution in [0, 0.1) is 5.92 Å². The van der Waals surface area contributed by atoms with E-state index in [2.05, 4.69) is 20.6 Å². The van der Waals surface area contributed by atoms with Gasteiger partial charge in [0.2, 0.25) is 5.88 Å². The van der Waals surface area contributed by atoms with E-state index in [1.54, 1.807) is 24.4 Å². The first kappa shape index (κ1) is 19.0. The molecule has 9 heteroatoms. The number of amides is 1. The molecule has 3 aliphatic rings. The molecule has 1 fully saturated rings. The summed E-state index contributed by atoms with van der Waals surface area (Å²) in [6.07, 6.45) is 5.68. The Labute approximate surface area is 168 Å². The minimum Gasteiger partial charge on any atom is -0.481 e. The Balaban J connectivity index is 1.21. The summed E-state index contributed by atoms with van der Waals surface area (Å²) in [6, 6.07) is 1.98. The molecule has 2 atom stereocenters. The van der Waals surface area contributed by atoms with Crippen molar-refractivity contribution in [3.05, 3.63) is 34.4 Å². The van der Waals surface area contributed by atoms with Crippen molar-refractivity contribution in [2.45, 2.75) is 25.4 Å². The first-order valence-corrected chi connectivity index (χ1v) is 9.89. The number of ether oxygens (including phenoxy) is 2. The molecule has 0 aromatic carbocycles. The van der Waals surface area contributed by atoms with Crippen molar-refractivity contribution in [2.75, 3.05) is 33.3 Å². The van der Waals surface area contributed by atoms with Crippen molar-refractivity contribution in [1.82, 2.24) is 20.5 Å². The van der Waals surface area contributed by atoms with Crippen LogP contribution in [0.2, 0.25) is 5.15 Å². The molecule has 1 aliphatic carbocycles. The van der Waals surface area contributed by atoms with E-state index in [0.717, 1.165) is 37.9 Å². The maximum atomic E-state index is 12.0. The Morgan fingerprint density at radius 2 is 2.36 bits per heavy atom. The molecule has 2 N–H and O–H groups in total. The number of hydrogen-bond acceptors (Lipinski definition) is 7. The first-order valence-electron chi connectivity index (χ1n) is 9.51. The molecule has 0 spiro atoms. The van der Waals surface area contributed by atoms with Gasteiger partial charge < -0.3 is 20.1 Å². The highest BCUT2D eigenvalue weighted by atomic mass is 35.5. The van der Waals surface area contributed by atoms with Gasteiger partial charge in [-0.05, 0) is 49.4 Å². The predicted molar refractivity (Wildman–Crippen MR) is 106 cm³/mol. The molecule has 1 saturated heterocycles. The van der Waals surface area contributed by atoms with Crippen LogP contribution in [0.1, 0.15) is 17.5 Å². The normalized spacial score (nSPS) is 23.3. The number of rotatable bonds is 7. The standard InChI is InChI=1S/C19H24ClN5O3/c1-27-17-8-13-6-12(7-15(13)18(20)24-17)9-21-3-2-14-11-25(19(26)28-14)16-10-22-4-5-23-16/h5,8,10,12,14,21-22H,2-4,6-7,9,11H2,1H3. The molecule has 0 bridgehead atoms. The van der Waals surface area contributed by atoms with Crippen LogP contribution in [0.3, 0.4) is 0 Å². The van der Waals surface area contributed by atoms with E-state index in [4.69, 9.17) is 21.1 Å². The van der Waals surface area contributed by atoms with E-state index in [1.807, 2.05) is 6.07 Å². The van der Waals surface area contributed by atoms with Crippen LogP contribution in [0.5, 0.6) is 5.88 Å². The van der Waals surface area contributed by atoms with Crippen molar-refractivity contribution < 1.29 is 14.3 Å². The number of nitrogens with one attached hydrogen (secondary N) is 2. The largest absolute Gasteiger partial charge is 0.481 e. The SMILES string of the molecule is COc1cc2c(c(Cl)n1)CC(CNCCC1CN(C3=CNCC=N3)C(=O)O1)C2. The van der Waals surface area contributed by atoms with Gasteiger partial charge in [0.1, 0.15) is 11.3 Å². The molecule has 28 heavy (non-hydrogen) atoms. The molecule has 8 nitrogen and oxygen atoms in total. The fourth-order valence-corrected chi connectivity index (χ4v) is 4.12. The van der Waals surface area contributed by atoms with E-state index in [0.29, 0.717) is 35.9 Å². The number of hydrogen-bond donors (Lipinski definition) is 2. The van der Waals surface area contributed by atoms with Gasteiger partial charge in [0.25, 0.3) is 0 Å². The second-order valence-corrected chi connectivity index (χ2v) is 7.56. The molecule has 1 aromatic rings. The lowest BCUT2D eigenvalue weighted by atomic mass is 10.1. The van der Waals surface area contributed by atoms with Gasteiger partial charge in [-0.3, -0.25) is 4.90 Å². The summed E-state index contributed by atoms with van der Waals surface area (Å²) in [5, 5.41) is 7.09. The summed E-state index contributed by atoms with van der Waals surface area (Å²) in [6.45, 7) is 2.88. The number of halogens is 1. The zero-order valence-electron chi connectivity index (χ0n) is 15.8. The molecule has 4 rings (SSSR count). The Bertz CT molecular complexity index is 813. The number of carbonyl (C=O) groups is 1. The van der Waals surface area contributed by atoms with Gasteiger partial charge in [-0.25, -0.2) is 14.8 Å². The Morgan fingerprint density at radius 1 is 1.46 bits per heavy atom. The summed E-state index contributed by atoms with van der Waals surface area (Å²) in [5.41, 5.74) is 2.35. The molecule has 0 radical (unpaired) electrons. The summed E-state index contributed by atoms with van der Waals surface area (Å²) >= 11 is 6.27. The van der Waals surface area contributed by atoms with Crippen LogP contribution in [-0.2, 0) is 17.6 Å². The summed E-state index contributed by atoms with van der Waals surface area (Å²) in [5.74, 6) is 1.66. The highest BCUT2D eigenvalue weighted by Gasteiger charge is 2.33. The van der Waals surface area contributed by atoms with Crippen LogP contribution in [0.25, 0.3) is 0 Å². The van der Waals surface area contributed by atoms with E-state index in [-0.39, 0.29) is 12.2 Å². The molecule has 1 amide bonds. The van der Waals surface area contributed by atoms with Gasteiger partial charge >= 0.3 is 6.09 Å². The van der Waals surface area contributed by atoms with E-state index in [9.17, 15) is 4.79 Å². The van der Waals surface area contributed by atoms with E-state index in [1.165, 1.54) is 5.56 Å². The molecule has 1 aromatic heterocycles. The molecular weight excluding hydrogens is 382 g/mol. The summed E-state index contributed by atoms with van der Waals surface area (Å²) < 4.78 is 10.7. The summed E-state index contributed by atoms with van der Waals surface area (Å²) in [4.78, 5) is 22.1. The van der Waals surface area contributed by atoms with Crippen molar-refractivity contribution >= 4 is 23.9 Å². The second-order valence-electron chi connectivity index (χ2n) is 7.20. The maximum Gasteiger partial charge on any atom is 0.415 e. The van der Waals surface area contributed by atoms with Crippen LogP contribution in [0.4, 0.5) is 4.79 Å². The number of methoxy groups -OCH3 is 1. The van der Waals surface area contributed by atoms with E-state index >= 15 is 0 Å². The highest BCUT2D eigenvalue weighted by Crippen LogP contribution is 2.33. The average Bonchev–Trinajstić information content (AvgIpc) is 3.29. The predicted octanol–water partition coefficient (Wildman–Crippen LogP) is 1.73. The third-order valence-corrected chi connectivity index (χ3v) is 5.56. The lowest BCUT2D eigenvalue weighted by Crippen LogP contribution is -2.29. The molecule has 2 unspecified atom stereocenters. The third-order valence-electron chi connectivity index (χ3n) is 5.24. The number of fused-ring (bicyclic) bond motifs is 1. The molecule has 0 saturated carbocycles. The van der Waals surface area contributed by atoms with Crippen molar-refractivity contribution in [3.63, 3.8) is 0 Å². The fourth-order valence-electron chi connectivity index (χ4n) is 3.84. The van der Waals surface area contributed by atoms with Gasteiger partial charge in [0, 0.05) is 25.0 Å². The van der Waals surface area contributed by atoms with Gasteiger partial charge in [-0.2, -0.15) is 0 Å². The number of cyclic esters (lactones) is 1. The number of aromatic nitrogens is 1. The van der Waals surface area contributed by atoms with E-state index < -0.39 is 0 Å². The molecule has 3 heterocycles. The monoisotopic (exact) mass is 405 g/mol. The molecular formula is C19H24ClN5O3. The van der Waals surface area contributed by atoms with Crippen LogP contribution in [0.15, 0.2) is 23.1 Å². The van der Waals surface area contributed by atoms with Crippen LogP contribution >= 0.6 is 11.6 Å². The van der Waals surface area contributed by atoms with Gasteiger partial charge in [-0.1, -0.05) is 11.6 Å². The summed E-state index contributed by atoms with van der Waals surface area (Å²) in [7, 11) is 1.60. The topological polar surface area (TPSA) is 88.1 Å². The number of aliphatic imine (C=N–C) groups is 1. The first-order chi connectivity index (χ1) is 13.6. The average molecular weight is 406 g/mol. The van der Waals surface area contributed by atoms with Crippen LogP contribution in [-0.4, -0.2) is 61.6 Å². The minimum absolute atomic E-state index is 0.123. The quantitative estimate of drug-likeness (QED) is 0.530.